The molecule has 0 saturated carbocycles. The number of hydrogen-bond donors (Lipinski definition) is 2. The predicted octanol–water partition coefficient (Wildman–Crippen LogP) is 4.73. The molecule has 1 saturated heterocycles. The van der Waals surface area contributed by atoms with Gasteiger partial charge in [0.05, 0.1) is 6.20 Å². The first kappa shape index (κ1) is 22.7. The Labute approximate surface area is 197 Å². The molecule has 0 spiro atoms. The van der Waals surface area contributed by atoms with Gasteiger partial charge in [-0.25, -0.2) is 13.6 Å². The SMILES string of the molecule is O=c1[nH]c(O)cn1CCCCCCN1CC[C@@H]2[C@@H](C1)c1cc(F)ccc1N2c1ccc(F)cc1. The molecule has 34 heavy (non-hydrogen) atoms. The minimum absolute atomic E-state index is 0.0974. The maximum absolute atomic E-state index is 14.2. The molecule has 2 aliphatic rings. The Morgan fingerprint density at radius 2 is 1.71 bits per heavy atom. The summed E-state index contributed by atoms with van der Waals surface area (Å²) in [6.07, 6.45) is 6.46. The smallest absolute Gasteiger partial charge is 0.328 e. The predicted molar refractivity (Wildman–Crippen MR) is 128 cm³/mol. The Kier molecular flexibility index (Phi) is 6.41. The van der Waals surface area contributed by atoms with E-state index in [4.69, 9.17) is 0 Å². The number of aromatic amines is 1. The molecule has 6 nitrogen and oxygen atoms in total. The fourth-order valence-electron chi connectivity index (χ4n) is 5.53. The fraction of sp³-hybridized carbons (Fsp3) is 0.423. The highest BCUT2D eigenvalue weighted by molar-refractivity contribution is 5.73. The number of aromatic nitrogens is 2. The van der Waals surface area contributed by atoms with Crippen LogP contribution in [0.25, 0.3) is 0 Å². The van der Waals surface area contributed by atoms with E-state index in [0.29, 0.717) is 6.54 Å². The lowest BCUT2D eigenvalue weighted by Gasteiger charge is -2.39. The van der Waals surface area contributed by atoms with Gasteiger partial charge < -0.3 is 14.9 Å². The molecule has 0 radical (unpaired) electrons. The van der Waals surface area contributed by atoms with E-state index in [9.17, 15) is 18.7 Å². The fourth-order valence-corrected chi connectivity index (χ4v) is 5.53. The molecule has 2 aliphatic heterocycles. The molecule has 2 N–H and O–H groups in total. The van der Waals surface area contributed by atoms with Gasteiger partial charge in [0.2, 0.25) is 5.88 Å². The maximum Gasteiger partial charge on any atom is 0.328 e. The van der Waals surface area contributed by atoms with Crippen molar-refractivity contribution < 1.29 is 13.9 Å². The molecule has 5 rings (SSSR count). The summed E-state index contributed by atoms with van der Waals surface area (Å²) in [6, 6.07) is 11.8. The highest BCUT2D eigenvalue weighted by Crippen LogP contribution is 2.48. The zero-order valence-electron chi connectivity index (χ0n) is 19.1. The van der Waals surface area contributed by atoms with Gasteiger partial charge in [-0.05, 0) is 73.8 Å². The number of rotatable bonds is 8. The van der Waals surface area contributed by atoms with Crippen LogP contribution in [-0.4, -0.2) is 45.2 Å². The highest BCUT2D eigenvalue weighted by Gasteiger charge is 2.42. The van der Waals surface area contributed by atoms with Gasteiger partial charge in [0.1, 0.15) is 11.6 Å². The Balaban J connectivity index is 1.17. The topological polar surface area (TPSA) is 64.5 Å². The summed E-state index contributed by atoms with van der Waals surface area (Å²) >= 11 is 0. The summed E-state index contributed by atoms with van der Waals surface area (Å²) in [5.41, 5.74) is 2.74. The summed E-state index contributed by atoms with van der Waals surface area (Å²) in [6.45, 7) is 3.46. The number of likely N-dealkylation sites (tertiary alicyclic amines) is 1. The number of H-pyrrole nitrogens is 1. The van der Waals surface area contributed by atoms with Gasteiger partial charge in [-0.1, -0.05) is 12.8 Å². The molecule has 0 amide bonds. The number of piperidine rings is 1. The molecule has 1 aromatic heterocycles. The minimum atomic E-state index is -0.275. The third-order valence-corrected chi connectivity index (χ3v) is 7.14. The second kappa shape index (κ2) is 9.62. The van der Waals surface area contributed by atoms with Crippen LogP contribution in [0.4, 0.5) is 20.2 Å². The van der Waals surface area contributed by atoms with Crippen molar-refractivity contribution in [3.63, 3.8) is 0 Å². The lowest BCUT2D eigenvalue weighted by Crippen LogP contribution is -2.45. The van der Waals surface area contributed by atoms with E-state index < -0.39 is 0 Å². The average Bonchev–Trinajstić information content (AvgIpc) is 3.31. The standard InChI is InChI=1S/C26H30F2N4O2/c27-18-5-8-20(9-6-18)32-23-10-7-19(28)15-21(23)22-16-30(14-11-24(22)32)12-3-1-2-4-13-31-17-25(33)29-26(31)34/h5-10,15,17,22,24,33H,1-4,11-14,16H2,(H,29,34)/t22-,24+/m0/s1. The first-order valence-corrected chi connectivity index (χ1v) is 12.0. The van der Waals surface area contributed by atoms with E-state index in [0.717, 1.165) is 68.7 Å². The quantitative estimate of drug-likeness (QED) is 0.469. The summed E-state index contributed by atoms with van der Waals surface area (Å²) in [5, 5.41) is 9.33. The van der Waals surface area contributed by atoms with Gasteiger partial charge in [-0.2, -0.15) is 0 Å². The molecule has 180 valence electrons. The number of nitrogens with zero attached hydrogens (tertiary/aromatic N) is 3. The second-order valence-corrected chi connectivity index (χ2v) is 9.36. The van der Waals surface area contributed by atoms with Crippen molar-refractivity contribution >= 4 is 11.4 Å². The molecule has 0 unspecified atom stereocenters. The molecule has 1 fully saturated rings. The van der Waals surface area contributed by atoms with Crippen LogP contribution >= 0.6 is 0 Å². The average molecular weight is 469 g/mol. The van der Waals surface area contributed by atoms with Crippen LogP contribution < -0.4 is 10.6 Å². The van der Waals surface area contributed by atoms with Crippen LogP contribution in [0.2, 0.25) is 0 Å². The van der Waals surface area contributed by atoms with Gasteiger partial charge in [0, 0.05) is 43.0 Å². The molecule has 3 heterocycles. The van der Waals surface area contributed by atoms with Crippen molar-refractivity contribution in [3.05, 3.63) is 76.3 Å². The maximum atomic E-state index is 14.2. The van der Waals surface area contributed by atoms with Gasteiger partial charge >= 0.3 is 5.69 Å². The van der Waals surface area contributed by atoms with E-state index in [-0.39, 0.29) is 35.2 Å². The molecule has 2 atom stereocenters. The van der Waals surface area contributed by atoms with Crippen molar-refractivity contribution in [1.82, 2.24) is 14.5 Å². The number of benzene rings is 2. The number of aryl methyl sites for hydroxylation is 1. The number of halogens is 2. The lowest BCUT2D eigenvalue weighted by atomic mass is 9.88. The molecular weight excluding hydrogens is 438 g/mol. The van der Waals surface area contributed by atoms with Crippen molar-refractivity contribution in [2.75, 3.05) is 24.5 Å². The first-order chi connectivity index (χ1) is 16.5. The zero-order chi connectivity index (χ0) is 23.7. The van der Waals surface area contributed by atoms with Gasteiger partial charge in [0.25, 0.3) is 0 Å². The number of imidazole rings is 1. The molecule has 0 aliphatic carbocycles. The van der Waals surface area contributed by atoms with Crippen LogP contribution in [0, 0.1) is 11.6 Å². The Hall–Kier alpha value is -3.13. The normalized spacial score (nSPS) is 19.9. The number of anilines is 2. The molecular formula is C26H30F2N4O2. The summed E-state index contributed by atoms with van der Waals surface area (Å²) in [5.74, 6) is -0.352. The van der Waals surface area contributed by atoms with Crippen LogP contribution in [-0.2, 0) is 6.54 Å². The Morgan fingerprint density at radius 1 is 0.971 bits per heavy atom. The summed E-state index contributed by atoms with van der Waals surface area (Å²) in [7, 11) is 0. The zero-order valence-corrected chi connectivity index (χ0v) is 19.1. The first-order valence-electron chi connectivity index (χ1n) is 12.0. The van der Waals surface area contributed by atoms with E-state index in [1.165, 1.54) is 29.0 Å². The van der Waals surface area contributed by atoms with Crippen molar-refractivity contribution in [2.45, 2.75) is 50.6 Å². The monoisotopic (exact) mass is 468 g/mol. The van der Waals surface area contributed by atoms with Crippen molar-refractivity contribution in [1.29, 1.82) is 0 Å². The third-order valence-electron chi connectivity index (χ3n) is 7.14. The second-order valence-electron chi connectivity index (χ2n) is 9.36. The Morgan fingerprint density at radius 3 is 2.44 bits per heavy atom. The van der Waals surface area contributed by atoms with Gasteiger partial charge in [-0.15, -0.1) is 0 Å². The molecule has 0 bridgehead atoms. The molecule has 8 heteroatoms. The largest absolute Gasteiger partial charge is 0.493 e. The van der Waals surface area contributed by atoms with E-state index in [1.54, 1.807) is 18.2 Å². The third kappa shape index (κ3) is 4.59. The number of nitrogens with one attached hydrogen (secondary N) is 1. The molecule has 2 aromatic carbocycles. The van der Waals surface area contributed by atoms with Crippen molar-refractivity contribution in [3.8, 4) is 5.88 Å². The number of unbranched alkanes of at least 4 members (excludes halogenated alkanes) is 3. The number of fused-ring (bicyclic) bond motifs is 3. The van der Waals surface area contributed by atoms with Crippen molar-refractivity contribution in [2.24, 2.45) is 0 Å². The van der Waals surface area contributed by atoms with Gasteiger partial charge in [-0.3, -0.25) is 9.55 Å². The minimum Gasteiger partial charge on any atom is -0.493 e. The number of aromatic hydroxyl groups is 1. The lowest BCUT2D eigenvalue weighted by molar-refractivity contribution is 0.193. The van der Waals surface area contributed by atoms with E-state index >= 15 is 0 Å². The Bertz CT molecular complexity index is 1190. The molecule has 3 aromatic rings. The van der Waals surface area contributed by atoms with Crippen LogP contribution in [0.15, 0.2) is 53.5 Å². The van der Waals surface area contributed by atoms with Gasteiger partial charge in [0.15, 0.2) is 0 Å². The van der Waals surface area contributed by atoms with Crippen LogP contribution in [0.1, 0.15) is 43.6 Å². The van der Waals surface area contributed by atoms with Crippen LogP contribution in [0.5, 0.6) is 5.88 Å². The summed E-state index contributed by atoms with van der Waals surface area (Å²) in [4.78, 5) is 18.7. The van der Waals surface area contributed by atoms with Crippen LogP contribution in [0.3, 0.4) is 0 Å². The van der Waals surface area contributed by atoms with E-state index in [1.807, 2.05) is 6.07 Å². The van der Waals surface area contributed by atoms with E-state index in [2.05, 4.69) is 14.8 Å². The summed E-state index contributed by atoms with van der Waals surface area (Å²) < 4.78 is 29.2. The highest BCUT2D eigenvalue weighted by atomic mass is 19.1. The number of hydrogen-bond acceptors (Lipinski definition) is 4.